The maximum Gasteiger partial charge on any atom is 0.418 e. The molecular formula is C14H16F3NO2. The highest BCUT2D eigenvalue weighted by Crippen LogP contribution is 2.37. The van der Waals surface area contributed by atoms with Crippen LogP contribution in [0.25, 0.3) is 0 Å². The first-order valence-electron chi connectivity index (χ1n) is 6.48. The Labute approximate surface area is 115 Å². The van der Waals surface area contributed by atoms with Gasteiger partial charge in [0.05, 0.1) is 18.3 Å². The Balaban J connectivity index is 2.37. The zero-order chi connectivity index (χ0) is 14.8. The number of ether oxygens (including phenoxy) is 1. The number of hydrogen-bond acceptors (Lipinski definition) is 3. The highest BCUT2D eigenvalue weighted by atomic mass is 19.4. The molecule has 0 bridgehead atoms. The van der Waals surface area contributed by atoms with E-state index in [4.69, 9.17) is 4.74 Å². The van der Waals surface area contributed by atoms with Crippen molar-refractivity contribution in [2.24, 2.45) is 0 Å². The zero-order valence-electron chi connectivity index (χ0n) is 11.1. The number of carbonyl (C=O) groups is 1. The van der Waals surface area contributed by atoms with Gasteiger partial charge in [-0.15, -0.1) is 0 Å². The van der Waals surface area contributed by atoms with Crippen molar-refractivity contribution in [2.75, 3.05) is 24.6 Å². The zero-order valence-corrected chi connectivity index (χ0v) is 11.1. The highest BCUT2D eigenvalue weighted by molar-refractivity contribution is 5.77. The number of benzene rings is 1. The van der Waals surface area contributed by atoms with E-state index < -0.39 is 11.7 Å². The van der Waals surface area contributed by atoms with Gasteiger partial charge in [-0.1, -0.05) is 6.92 Å². The lowest BCUT2D eigenvalue weighted by Crippen LogP contribution is -2.43. The second-order valence-corrected chi connectivity index (χ2v) is 4.74. The van der Waals surface area contributed by atoms with Gasteiger partial charge >= 0.3 is 6.18 Å². The largest absolute Gasteiger partial charge is 0.418 e. The van der Waals surface area contributed by atoms with Crippen molar-refractivity contribution >= 4 is 12.0 Å². The van der Waals surface area contributed by atoms with E-state index in [1.165, 1.54) is 12.1 Å². The van der Waals surface area contributed by atoms with Crippen LogP contribution >= 0.6 is 0 Å². The van der Waals surface area contributed by atoms with Crippen molar-refractivity contribution in [3.8, 4) is 0 Å². The van der Waals surface area contributed by atoms with Crippen LogP contribution in [0.2, 0.25) is 0 Å². The van der Waals surface area contributed by atoms with Crippen molar-refractivity contribution in [2.45, 2.75) is 25.6 Å². The summed E-state index contributed by atoms with van der Waals surface area (Å²) < 4.78 is 44.8. The maximum atomic E-state index is 13.1. The van der Waals surface area contributed by atoms with Gasteiger partial charge in [0.1, 0.15) is 6.29 Å². The number of anilines is 1. The summed E-state index contributed by atoms with van der Waals surface area (Å²) in [6, 6.07) is 3.68. The predicted molar refractivity (Wildman–Crippen MR) is 69.1 cm³/mol. The molecule has 1 fully saturated rings. The van der Waals surface area contributed by atoms with E-state index in [1.807, 2.05) is 6.92 Å². The molecule has 20 heavy (non-hydrogen) atoms. The third kappa shape index (κ3) is 3.12. The average molecular weight is 287 g/mol. The monoisotopic (exact) mass is 287 g/mol. The summed E-state index contributed by atoms with van der Waals surface area (Å²) in [6.07, 6.45) is -3.36. The standard InChI is InChI=1S/C14H16F3NO2/c1-2-11-8-18(5-6-20-11)13-4-3-10(9-19)7-12(13)14(15,16)17/h3-4,7,9,11H,2,5-6,8H2,1H3. The lowest BCUT2D eigenvalue weighted by molar-refractivity contribution is -0.137. The number of morpholine rings is 1. The maximum absolute atomic E-state index is 13.1. The predicted octanol–water partition coefficient (Wildman–Crippen LogP) is 3.13. The Bertz CT molecular complexity index is 488. The van der Waals surface area contributed by atoms with Crippen LogP contribution < -0.4 is 4.90 Å². The number of halogens is 3. The molecule has 1 heterocycles. The molecule has 1 aromatic carbocycles. The molecule has 2 rings (SSSR count). The second kappa shape index (κ2) is 5.83. The van der Waals surface area contributed by atoms with E-state index in [9.17, 15) is 18.0 Å². The summed E-state index contributed by atoms with van der Waals surface area (Å²) in [5.41, 5.74) is -0.620. The van der Waals surface area contributed by atoms with Crippen LogP contribution in [0, 0.1) is 0 Å². The molecule has 1 aromatic rings. The van der Waals surface area contributed by atoms with E-state index in [0.717, 1.165) is 12.5 Å². The molecule has 3 nitrogen and oxygen atoms in total. The van der Waals surface area contributed by atoms with E-state index in [-0.39, 0.29) is 17.4 Å². The molecule has 1 aliphatic heterocycles. The van der Waals surface area contributed by atoms with E-state index >= 15 is 0 Å². The van der Waals surface area contributed by atoms with Crippen LogP contribution in [0.4, 0.5) is 18.9 Å². The SMILES string of the molecule is CCC1CN(c2ccc(C=O)cc2C(F)(F)F)CCO1. The van der Waals surface area contributed by atoms with Crippen LogP contribution in [0.15, 0.2) is 18.2 Å². The molecule has 6 heteroatoms. The van der Waals surface area contributed by atoms with Gasteiger partial charge in [-0.3, -0.25) is 4.79 Å². The minimum Gasteiger partial charge on any atom is -0.375 e. The summed E-state index contributed by atoms with van der Waals surface area (Å²) in [7, 11) is 0. The Morgan fingerprint density at radius 2 is 2.20 bits per heavy atom. The first-order chi connectivity index (χ1) is 9.45. The van der Waals surface area contributed by atoms with Crippen molar-refractivity contribution in [1.82, 2.24) is 0 Å². The summed E-state index contributed by atoms with van der Waals surface area (Å²) in [5, 5.41) is 0. The summed E-state index contributed by atoms with van der Waals surface area (Å²) >= 11 is 0. The Morgan fingerprint density at radius 3 is 2.80 bits per heavy atom. The van der Waals surface area contributed by atoms with Crippen LogP contribution in [0.5, 0.6) is 0 Å². The van der Waals surface area contributed by atoms with Gasteiger partial charge in [-0.2, -0.15) is 13.2 Å². The van der Waals surface area contributed by atoms with Crippen LogP contribution in [-0.2, 0) is 10.9 Å². The van der Waals surface area contributed by atoms with Crippen LogP contribution in [0.1, 0.15) is 29.3 Å². The van der Waals surface area contributed by atoms with E-state index in [2.05, 4.69) is 0 Å². The van der Waals surface area contributed by atoms with Gasteiger partial charge in [0, 0.05) is 24.3 Å². The molecule has 0 radical (unpaired) electrons. The molecule has 110 valence electrons. The molecule has 0 amide bonds. The normalized spacial score (nSPS) is 20.0. The lowest BCUT2D eigenvalue weighted by atomic mass is 10.1. The topological polar surface area (TPSA) is 29.5 Å². The van der Waals surface area contributed by atoms with E-state index in [0.29, 0.717) is 26.0 Å². The Kier molecular flexibility index (Phi) is 4.32. The van der Waals surface area contributed by atoms with E-state index in [1.54, 1.807) is 4.90 Å². The highest BCUT2D eigenvalue weighted by Gasteiger charge is 2.36. The molecule has 1 aliphatic rings. The number of rotatable bonds is 3. The average Bonchev–Trinajstić information content (AvgIpc) is 2.45. The molecule has 0 spiro atoms. The molecule has 0 aromatic heterocycles. The number of aldehydes is 1. The summed E-state index contributed by atoms with van der Waals surface area (Å²) in [4.78, 5) is 12.3. The lowest BCUT2D eigenvalue weighted by Gasteiger charge is -2.35. The van der Waals surface area contributed by atoms with Gasteiger partial charge in [-0.25, -0.2) is 0 Å². The minimum atomic E-state index is -4.48. The minimum absolute atomic E-state index is 0.0291. The molecule has 1 unspecified atom stereocenters. The Hall–Kier alpha value is -1.56. The quantitative estimate of drug-likeness (QED) is 0.800. The first kappa shape index (κ1) is 14.8. The van der Waals surface area contributed by atoms with Crippen molar-refractivity contribution in [1.29, 1.82) is 0 Å². The fourth-order valence-corrected chi connectivity index (χ4v) is 2.31. The van der Waals surface area contributed by atoms with Crippen LogP contribution in [0.3, 0.4) is 0 Å². The van der Waals surface area contributed by atoms with Gasteiger partial charge in [0.15, 0.2) is 0 Å². The third-order valence-electron chi connectivity index (χ3n) is 3.40. The second-order valence-electron chi connectivity index (χ2n) is 4.74. The Morgan fingerprint density at radius 1 is 1.45 bits per heavy atom. The first-order valence-corrected chi connectivity index (χ1v) is 6.48. The summed E-state index contributed by atoms with van der Waals surface area (Å²) in [6.45, 7) is 3.19. The molecule has 1 saturated heterocycles. The van der Waals surface area contributed by atoms with Gasteiger partial charge in [0.25, 0.3) is 0 Å². The van der Waals surface area contributed by atoms with Gasteiger partial charge < -0.3 is 9.64 Å². The number of hydrogen-bond donors (Lipinski definition) is 0. The molecule has 0 N–H and O–H groups in total. The number of alkyl halides is 3. The molecule has 1 atom stereocenters. The van der Waals surface area contributed by atoms with Crippen molar-refractivity contribution in [3.05, 3.63) is 29.3 Å². The smallest absolute Gasteiger partial charge is 0.375 e. The number of carbonyl (C=O) groups excluding carboxylic acids is 1. The number of nitrogens with zero attached hydrogens (tertiary/aromatic N) is 1. The fraction of sp³-hybridized carbons (Fsp3) is 0.500. The summed E-state index contributed by atoms with van der Waals surface area (Å²) in [5.74, 6) is 0. The van der Waals surface area contributed by atoms with Gasteiger partial charge in [-0.05, 0) is 24.6 Å². The molecule has 0 saturated carbocycles. The van der Waals surface area contributed by atoms with Gasteiger partial charge in [0.2, 0.25) is 0 Å². The van der Waals surface area contributed by atoms with Crippen molar-refractivity contribution < 1.29 is 22.7 Å². The third-order valence-corrected chi connectivity index (χ3v) is 3.40. The molecular weight excluding hydrogens is 271 g/mol. The van der Waals surface area contributed by atoms with Crippen LogP contribution in [-0.4, -0.2) is 32.1 Å². The van der Waals surface area contributed by atoms with Crippen molar-refractivity contribution in [3.63, 3.8) is 0 Å². The molecule has 0 aliphatic carbocycles. The fourth-order valence-electron chi connectivity index (χ4n) is 2.31.